The van der Waals surface area contributed by atoms with Crippen molar-refractivity contribution in [1.29, 1.82) is 0 Å². The summed E-state index contributed by atoms with van der Waals surface area (Å²) in [6, 6.07) is 6.34. The molecule has 21 heavy (non-hydrogen) atoms. The first-order valence-corrected chi connectivity index (χ1v) is 8.24. The molecule has 1 aliphatic carbocycles. The molecule has 3 heteroatoms. The van der Waals surface area contributed by atoms with Crippen LogP contribution in [0.25, 0.3) is 0 Å². The largest absolute Gasteiger partial charge is 0.371 e. The van der Waals surface area contributed by atoms with Crippen molar-refractivity contribution in [3.8, 4) is 0 Å². The lowest BCUT2D eigenvalue weighted by Crippen LogP contribution is -2.40. The van der Waals surface area contributed by atoms with Gasteiger partial charge in [0.25, 0.3) is 0 Å². The Bertz CT molecular complexity index is 459. The summed E-state index contributed by atoms with van der Waals surface area (Å²) in [5.74, 6) is 0.578. The van der Waals surface area contributed by atoms with Gasteiger partial charge in [-0.05, 0) is 30.9 Å². The molecule has 2 rings (SSSR count). The van der Waals surface area contributed by atoms with Crippen LogP contribution in [0.2, 0.25) is 0 Å². The minimum absolute atomic E-state index is 0.101. The fraction of sp³-hybridized carbons (Fsp3) is 0.667. The SMILES string of the molecule is CC(C)NCc1c(F)cccc1N(C)C1CCCCC1C. The fourth-order valence-corrected chi connectivity index (χ4v) is 3.41. The third-order valence-corrected chi connectivity index (χ3v) is 4.72. The van der Waals surface area contributed by atoms with Crippen molar-refractivity contribution in [2.75, 3.05) is 11.9 Å². The summed E-state index contributed by atoms with van der Waals surface area (Å²) in [5.41, 5.74) is 1.84. The van der Waals surface area contributed by atoms with Gasteiger partial charge in [-0.25, -0.2) is 4.39 Å². The third kappa shape index (κ3) is 3.97. The Hall–Kier alpha value is -1.09. The van der Waals surface area contributed by atoms with Gasteiger partial charge in [-0.1, -0.05) is 39.7 Å². The highest BCUT2D eigenvalue weighted by Crippen LogP contribution is 2.32. The van der Waals surface area contributed by atoms with E-state index < -0.39 is 0 Å². The molecule has 1 N–H and O–H groups in total. The smallest absolute Gasteiger partial charge is 0.129 e. The van der Waals surface area contributed by atoms with E-state index in [-0.39, 0.29) is 5.82 Å². The van der Waals surface area contributed by atoms with E-state index in [1.54, 1.807) is 6.07 Å². The number of hydrogen-bond donors (Lipinski definition) is 1. The Morgan fingerprint density at radius 1 is 1.29 bits per heavy atom. The number of rotatable bonds is 5. The van der Waals surface area contributed by atoms with Crippen LogP contribution < -0.4 is 10.2 Å². The highest BCUT2D eigenvalue weighted by Gasteiger charge is 2.26. The Kier molecular flexibility index (Phi) is 5.63. The van der Waals surface area contributed by atoms with Crippen LogP contribution in [-0.2, 0) is 6.54 Å². The van der Waals surface area contributed by atoms with Gasteiger partial charge in [0.15, 0.2) is 0 Å². The molecular formula is C18H29FN2. The molecule has 0 aliphatic heterocycles. The fourth-order valence-electron chi connectivity index (χ4n) is 3.41. The second-order valence-electron chi connectivity index (χ2n) is 6.71. The molecule has 0 spiro atoms. The lowest BCUT2D eigenvalue weighted by atomic mass is 9.84. The van der Waals surface area contributed by atoms with Gasteiger partial charge in [0.1, 0.15) is 5.82 Å². The van der Waals surface area contributed by atoms with Gasteiger partial charge in [-0.3, -0.25) is 0 Å². The van der Waals surface area contributed by atoms with Crippen molar-refractivity contribution in [1.82, 2.24) is 5.32 Å². The second kappa shape index (κ2) is 7.26. The van der Waals surface area contributed by atoms with Crippen LogP contribution in [0.3, 0.4) is 0 Å². The zero-order chi connectivity index (χ0) is 15.4. The Morgan fingerprint density at radius 3 is 2.67 bits per heavy atom. The van der Waals surface area contributed by atoms with Crippen LogP contribution in [0.1, 0.15) is 52.0 Å². The van der Waals surface area contributed by atoms with Crippen molar-refractivity contribution < 1.29 is 4.39 Å². The molecule has 0 heterocycles. The third-order valence-electron chi connectivity index (χ3n) is 4.72. The molecule has 0 aromatic heterocycles. The number of nitrogens with one attached hydrogen (secondary N) is 1. The molecule has 1 aromatic carbocycles. The van der Waals surface area contributed by atoms with Gasteiger partial charge in [0.05, 0.1) is 0 Å². The maximum absolute atomic E-state index is 14.3. The predicted molar refractivity (Wildman–Crippen MR) is 88.2 cm³/mol. The molecule has 2 atom stereocenters. The monoisotopic (exact) mass is 292 g/mol. The van der Waals surface area contributed by atoms with Crippen molar-refractivity contribution >= 4 is 5.69 Å². The van der Waals surface area contributed by atoms with Crippen LogP contribution in [0.15, 0.2) is 18.2 Å². The highest BCUT2D eigenvalue weighted by molar-refractivity contribution is 5.54. The maximum Gasteiger partial charge on any atom is 0.129 e. The summed E-state index contributed by atoms with van der Waals surface area (Å²) in [4.78, 5) is 2.31. The van der Waals surface area contributed by atoms with Gasteiger partial charge >= 0.3 is 0 Å². The summed E-state index contributed by atoms with van der Waals surface area (Å²) >= 11 is 0. The Morgan fingerprint density at radius 2 is 2.00 bits per heavy atom. The lowest BCUT2D eigenvalue weighted by molar-refractivity contribution is 0.321. The average molecular weight is 292 g/mol. The number of anilines is 1. The van der Waals surface area contributed by atoms with Crippen molar-refractivity contribution in [2.24, 2.45) is 5.92 Å². The zero-order valence-corrected chi connectivity index (χ0v) is 13.8. The van der Waals surface area contributed by atoms with E-state index in [2.05, 4.69) is 44.1 Å². The second-order valence-corrected chi connectivity index (χ2v) is 6.71. The molecule has 0 amide bonds. The van der Waals surface area contributed by atoms with E-state index in [4.69, 9.17) is 0 Å². The van der Waals surface area contributed by atoms with Crippen LogP contribution in [-0.4, -0.2) is 19.1 Å². The first-order valence-electron chi connectivity index (χ1n) is 8.24. The van der Waals surface area contributed by atoms with Crippen molar-refractivity contribution in [2.45, 2.75) is 65.1 Å². The summed E-state index contributed by atoms with van der Waals surface area (Å²) in [6.07, 6.45) is 5.11. The number of benzene rings is 1. The van der Waals surface area contributed by atoms with Gasteiger partial charge < -0.3 is 10.2 Å². The molecule has 2 unspecified atom stereocenters. The van der Waals surface area contributed by atoms with E-state index in [1.165, 1.54) is 25.7 Å². The summed E-state index contributed by atoms with van der Waals surface area (Å²) < 4.78 is 14.3. The molecule has 1 aromatic rings. The normalized spacial score (nSPS) is 22.6. The molecule has 0 saturated heterocycles. The van der Waals surface area contributed by atoms with E-state index >= 15 is 0 Å². The molecule has 2 nitrogen and oxygen atoms in total. The maximum atomic E-state index is 14.3. The van der Waals surface area contributed by atoms with Crippen LogP contribution in [0.5, 0.6) is 0 Å². The van der Waals surface area contributed by atoms with E-state index in [1.807, 2.05) is 6.07 Å². The Balaban J connectivity index is 2.22. The van der Waals surface area contributed by atoms with Crippen LogP contribution in [0.4, 0.5) is 10.1 Å². The first kappa shape index (κ1) is 16.3. The van der Waals surface area contributed by atoms with E-state index in [0.717, 1.165) is 11.3 Å². The quantitative estimate of drug-likeness (QED) is 0.868. The molecule has 0 bridgehead atoms. The molecule has 1 saturated carbocycles. The topological polar surface area (TPSA) is 15.3 Å². The van der Waals surface area contributed by atoms with E-state index in [9.17, 15) is 4.39 Å². The van der Waals surface area contributed by atoms with Crippen molar-refractivity contribution in [3.63, 3.8) is 0 Å². The minimum Gasteiger partial charge on any atom is -0.371 e. The van der Waals surface area contributed by atoms with Gasteiger partial charge in [-0.2, -0.15) is 0 Å². The van der Waals surface area contributed by atoms with Gasteiger partial charge in [0.2, 0.25) is 0 Å². The zero-order valence-electron chi connectivity index (χ0n) is 13.8. The average Bonchev–Trinajstić information content (AvgIpc) is 2.45. The van der Waals surface area contributed by atoms with Crippen molar-refractivity contribution in [3.05, 3.63) is 29.6 Å². The molecule has 0 radical (unpaired) electrons. The number of hydrogen-bond acceptors (Lipinski definition) is 2. The standard InChI is InChI=1S/C18H29FN2/c1-13(2)20-12-15-16(19)9-7-11-18(15)21(4)17-10-6-5-8-14(17)3/h7,9,11,13-14,17,20H,5-6,8,10,12H2,1-4H3. The first-order chi connectivity index (χ1) is 10.0. The molecule has 1 fully saturated rings. The number of halogens is 1. The van der Waals surface area contributed by atoms with Gasteiger partial charge in [0, 0.05) is 36.9 Å². The van der Waals surface area contributed by atoms with Gasteiger partial charge in [-0.15, -0.1) is 0 Å². The minimum atomic E-state index is -0.101. The highest BCUT2D eigenvalue weighted by atomic mass is 19.1. The molecular weight excluding hydrogens is 263 g/mol. The summed E-state index contributed by atoms with van der Waals surface area (Å²) in [5, 5.41) is 3.35. The number of nitrogens with zero attached hydrogens (tertiary/aromatic N) is 1. The van der Waals surface area contributed by atoms with Crippen LogP contribution in [0, 0.1) is 11.7 Å². The predicted octanol–water partition coefficient (Wildman–Crippen LogP) is 4.34. The summed E-state index contributed by atoms with van der Waals surface area (Å²) in [6.45, 7) is 7.09. The summed E-state index contributed by atoms with van der Waals surface area (Å²) in [7, 11) is 2.13. The molecule has 118 valence electrons. The van der Waals surface area contributed by atoms with Crippen LogP contribution >= 0.6 is 0 Å². The Labute approximate surface area is 128 Å². The van der Waals surface area contributed by atoms with E-state index in [0.29, 0.717) is 24.5 Å². The lowest BCUT2D eigenvalue weighted by Gasteiger charge is -2.38. The molecule has 1 aliphatic rings.